The summed E-state index contributed by atoms with van der Waals surface area (Å²) < 4.78 is 5.36. The summed E-state index contributed by atoms with van der Waals surface area (Å²) in [5.74, 6) is 0.617. The molecule has 0 heterocycles. The maximum absolute atomic E-state index is 11.4. The van der Waals surface area contributed by atoms with Gasteiger partial charge in [0.05, 0.1) is 12.6 Å². The highest BCUT2D eigenvalue weighted by Crippen LogP contribution is 2.21. The molecule has 1 amide bonds. The number of nitrogens with one attached hydrogen (secondary N) is 1. The molecule has 0 fully saturated rings. The van der Waals surface area contributed by atoms with Crippen molar-refractivity contribution in [1.29, 1.82) is 0 Å². The summed E-state index contributed by atoms with van der Waals surface area (Å²) >= 11 is 0. The molecule has 1 rings (SSSR count). The van der Waals surface area contributed by atoms with Gasteiger partial charge in [0.15, 0.2) is 0 Å². The molecule has 4 nitrogen and oxygen atoms in total. The lowest BCUT2D eigenvalue weighted by Crippen LogP contribution is -2.32. The second kappa shape index (κ2) is 7.14. The molecule has 0 unspecified atom stereocenters. The third-order valence-corrected chi connectivity index (χ3v) is 2.18. The Labute approximate surface area is 108 Å². The van der Waals surface area contributed by atoms with Gasteiger partial charge < -0.3 is 15.8 Å². The highest BCUT2D eigenvalue weighted by molar-refractivity contribution is 5.95. The molecule has 3 N–H and O–H groups in total. The van der Waals surface area contributed by atoms with E-state index in [1.807, 2.05) is 32.0 Å². The zero-order valence-corrected chi connectivity index (χ0v) is 11.1. The Morgan fingerprint density at radius 1 is 1.53 bits per heavy atom. The van der Waals surface area contributed by atoms with E-state index in [0.29, 0.717) is 6.61 Å². The summed E-state index contributed by atoms with van der Waals surface area (Å²) in [6.45, 7) is 6.13. The van der Waals surface area contributed by atoms with Crippen molar-refractivity contribution < 1.29 is 9.53 Å². The lowest BCUT2D eigenvalue weighted by atomic mass is 10.2. The topological polar surface area (TPSA) is 64.3 Å². The molecule has 0 spiro atoms. The second-order valence-electron chi connectivity index (χ2n) is 3.69. The van der Waals surface area contributed by atoms with Crippen molar-refractivity contribution in [2.45, 2.75) is 26.8 Å². The van der Waals surface area contributed by atoms with Gasteiger partial charge in [-0.15, -0.1) is 12.4 Å². The molecule has 17 heavy (non-hydrogen) atoms. The average molecular weight is 259 g/mol. The summed E-state index contributed by atoms with van der Waals surface area (Å²) in [6, 6.07) is 5.03. The van der Waals surface area contributed by atoms with Gasteiger partial charge in [-0.25, -0.2) is 0 Å². The van der Waals surface area contributed by atoms with Crippen LogP contribution in [0.3, 0.4) is 0 Å². The molecule has 0 aromatic heterocycles. The number of hydrogen-bond acceptors (Lipinski definition) is 3. The fraction of sp³-hybridized carbons (Fsp3) is 0.417. The molecule has 1 aromatic carbocycles. The number of nitrogens with two attached hydrogens (primary N) is 1. The van der Waals surface area contributed by atoms with Crippen molar-refractivity contribution in [2.24, 2.45) is 5.73 Å². The quantitative estimate of drug-likeness (QED) is 0.869. The number of hydrogen-bond donors (Lipinski definition) is 2. The van der Waals surface area contributed by atoms with Gasteiger partial charge in [0.1, 0.15) is 5.75 Å². The molecule has 1 atom stereocenters. The van der Waals surface area contributed by atoms with Crippen LogP contribution in [0, 0.1) is 6.92 Å². The largest absolute Gasteiger partial charge is 0.494 e. The molecule has 0 bridgehead atoms. The minimum atomic E-state index is -0.508. The smallest absolute Gasteiger partial charge is 0.241 e. The number of carbonyl (C=O) groups excluding carboxylic acids is 1. The summed E-state index contributed by atoms with van der Waals surface area (Å²) in [6.07, 6.45) is 0. The number of rotatable bonds is 4. The third kappa shape index (κ3) is 4.63. The lowest BCUT2D eigenvalue weighted by molar-refractivity contribution is -0.117. The number of benzene rings is 1. The molecule has 0 aliphatic heterocycles. The van der Waals surface area contributed by atoms with E-state index in [9.17, 15) is 4.79 Å². The minimum Gasteiger partial charge on any atom is -0.494 e. The van der Waals surface area contributed by atoms with E-state index in [1.54, 1.807) is 6.92 Å². The van der Waals surface area contributed by atoms with Crippen LogP contribution < -0.4 is 15.8 Å². The number of amides is 1. The Hall–Kier alpha value is -1.26. The van der Waals surface area contributed by atoms with Gasteiger partial charge in [0.2, 0.25) is 5.91 Å². The van der Waals surface area contributed by atoms with Crippen LogP contribution in [0.5, 0.6) is 5.75 Å². The van der Waals surface area contributed by atoms with Crippen molar-refractivity contribution in [3.05, 3.63) is 23.8 Å². The van der Waals surface area contributed by atoms with Gasteiger partial charge in [0.25, 0.3) is 0 Å². The molecule has 0 saturated heterocycles. The van der Waals surface area contributed by atoms with Crippen LogP contribution >= 0.6 is 12.4 Å². The monoisotopic (exact) mass is 258 g/mol. The van der Waals surface area contributed by atoms with Crippen molar-refractivity contribution in [3.63, 3.8) is 0 Å². The molecule has 0 radical (unpaired) electrons. The van der Waals surface area contributed by atoms with E-state index in [1.165, 1.54) is 0 Å². The van der Waals surface area contributed by atoms with E-state index < -0.39 is 6.04 Å². The van der Waals surface area contributed by atoms with E-state index in [4.69, 9.17) is 10.5 Å². The number of aryl methyl sites for hydroxylation is 1. The van der Waals surface area contributed by atoms with Gasteiger partial charge in [0, 0.05) is 5.69 Å². The maximum Gasteiger partial charge on any atom is 0.241 e. The van der Waals surface area contributed by atoms with Crippen LogP contribution in [0.4, 0.5) is 5.69 Å². The molecular formula is C12H19ClN2O2. The predicted molar refractivity (Wildman–Crippen MR) is 71.9 cm³/mol. The zero-order valence-electron chi connectivity index (χ0n) is 10.3. The van der Waals surface area contributed by atoms with Gasteiger partial charge in [-0.3, -0.25) is 4.79 Å². The molecule has 0 saturated carbocycles. The van der Waals surface area contributed by atoms with Gasteiger partial charge in [-0.2, -0.15) is 0 Å². The van der Waals surface area contributed by atoms with Crippen LogP contribution in [0.2, 0.25) is 0 Å². The number of ether oxygens (including phenoxy) is 1. The van der Waals surface area contributed by atoms with Gasteiger partial charge in [-0.05, 0) is 44.5 Å². The van der Waals surface area contributed by atoms with Crippen molar-refractivity contribution in [3.8, 4) is 5.75 Å². The van der Waals surface area contributed by atoms with E-state index in [0.717, 1.165) is 17.0 Å². The molecule has 96 valence electrons. The third-order valence-electron chi connectivity index (χ3n) is 2.18. The normalized spacial score (nSPS) is 11.3. The fourth-order valence-electron chi connectivity index (χ4n) is 1.28. The number of anilines is 1. The molecule has 5 heteroatoms. The van der Waals surface area contributed by atoms with E-state index >= 15 is 0 Å². The molecular weight excluding hydrogens is 240 g/mol. The summed E-state index contributed by atoms with van der Waals surface area (Å²) in [5, 5.41) is 2.76. The Balaban J connectivity index is 0.00000256. The molecule has 0 aliphatic carbocycles. The van der Waals surface area contributed by atoms with Crippen LogP contribution in [0.25, 0.3) is 0 Å². The van der Waals surface area contributed by atoms with E-state index in [-0.39, 0.29) is 18.3 Å². The van der Waals surface area contributed by atoms with Crippen LogP contribution in [-0.2, 0) is 4.79 Å². The standard InChI is InChI=1S/C12H18N2O2.ClH/c1-4-16-10-5-6-11(8(2)7-10)14-12(15)9(3)13;/h5-7,9H,4,13H2,1-3H3,(H,14,15);1H/t9-;/m1./s1. The van der Waals surface area contributed by atoms with Crippen molar-refractivity contribution in [1.82, 2.24) is 0 Å². The lowest BCUT2D eigenvalue weighted by Gasteiger charge is -2.11. The Bertz CT molecular complexity index is 381. The Morgan fingerprint density at radius 3 is 2.65 bits per heavy atom. The summed E-state index contributed by atoms with van der Waals surface area (Å²) in [4.78, 5) is 11.4. The first kappa shape index (κ1) is 15.7. The Kier molecular flexibility index (Phi) is 6.61. The number of halogens is 1. The second-order valence-corrected chi connectivity index (χ2v) is 3.69. The highest BCUT2D eigenvalue weighted by Gasteiger charge is 2.09. The van der Waals surface area contributed by atoms with Gasteiger partial charge in [-0.1, -0.05) is 0 Å². The van der Waals surface area contributed by atoms with Gasteiger partial charge >= 0.3 is 0 Å². The number of carbonyl (C=O) groups is 1. The van der Waals surface area contributed by atoms with Crippen molar-refractivity contribution >= 4 is 24.0 Å². The Morgan fingerprint density at radius 2 is 2.18 bits per heavy atom. The SMILES string of the molecule is CCOc1ccc(NC(=O)[C@@H](C)N)c(C)c1.Cl. The zero-order chi connectivity index (χ0) is 12.1. The van der Waals surface area contributed by atoms with E-state index in [2.05, 4.69) is 5.32 Å². The molecule has 0 aliphatic rings. The maximum atomic E-state index is 11.4. The first-order valence-corrected chi connectivity index (χ1v) is 5.34. The highest BCUT2D eigenvalue weighted by atomic mass is 35.5. The fourth-order valence-corrected chi connectivity index (χ4v) is 1.28. The summed E-state index contributed by atoms with van der Waals surface area (Å²) in [5.41, 5.74) is 7.20. The van der Waals surface area contributed by atoms with Crippen LogP contribution in [-0.4, -0.2) is 18.6 Å². The van der Waals surface area contributed by atoms with Crippen LogP contribution in [0.15, 0.2) is 18.2 Å². The first-order chi connectivity index (χ1) is 7.54. The minimum absolute atomic E-state index is 0. The molecule has 1 aromatic rings. The average Bonchev–Trinajstić information content (AvgIpc) is 2.22. The predicted octanol–water partition coefficient (Wildman–Crippen LogP) is 2.10. The first-order valence-electron chi connectivity index (χ1n) is 5.34. The summed E-state index contributed by atoms with van der Waals surface area (Å²) in [7, 11) is 0. The van der Waals surface area contributed by atoms with Crippen LogP contribution in [0.1, 0.15) is 19.4 Å². The van der Waals surface area contributed by atoms with Crippen molar-refractivity contribution in [2.75, 3.05) is 11.9 Å².